The maximum Gasteiger partial charge on any atom is 0.338 e. The van der Waals surface area contributed by atoms with Gasteiger partial charge in [0, 0.05) is 26.7 Å². The van der Waals surface area contributed by atoms with Crippen LogP contribution in [0.15, 0.2) is 42.5 Å². The maximum absolute atomic E-state index is 12.1. The van der Waals surface area contributed by atoms with Crippen LogP contribution in [0.2, 0.25) is 0 Å². The summed E-state index contributed by atoms with van der Waals surface area (Å²) in [6.07, 6.45) is 0. The maximum atomic E-state index is 12.1. The zero-order chi connectivity index (χ0) is 20.7. The van der Waals surface area contributed by atoms with E-state index in [9.17, 15) is 19.7 Å². The largest absolute Gasteiger partial charge is 0.497 e. The van der Waals surface area contributed by atoms with Crippen LogP contribution in [0.3, 0.4) is 0 Å². The Hall–Kier alpha value is -3.62. The number of nitrogens with one attached hydrogen (secondary N) is 1. The minimum atomic E-state index is -0.812. The molecule has 9 heteroatoms. The second kappa shape index (κ2) is 9.36. The number of amides is 1. The van der Waals surface area contributed by atoms with E-state index in [0.717, 1.165) is 11.6 Å². The van der Waals surface area contributed by atoms with Crippen LogP contribution in [-0.2, 0) is 16.1 Å². The third kappa shape index (κ3) is 5.44. The lowest BCUT2D eigenvalue weighted by molar-refractivity contribution is -0.384. The van der Waals surface area contributed by atoms with Crippen LogP contribution in [0.4, 0.5) is 11.4 Å². The van der Waals surface area contributed by atoms with Crippen LogP contribution in [0.5, 0.6) is 5.75 Å². The highest BCUT2D eigenvalue weighted by molar-refractivity contribution is 5.93. The number of anilines is 1. The number of nitro groups is 1. The molecule has 0 spiro atoms. The van der Waals surface area contributed by atoms with Crippen LogP contribution < -0.4 is 15.0 Å². The average Bonchev–Trinajstić information content (AvgIpc) is 2.70. The Morgan fingerprint density at radius 3 is 2.39 bits per heavy atom. The summed E-state index contributed by atoms with van der Waals surface area (Å²) in [5.74, 6) is -0.588. The number of benzene rings is 2. The summed E-state index contributed by atoms with van der Waals surface area (Å²) in [6, 6.07) is 11.1. The molecule has 0 saturated carbocycles. The summed E-state index contributed by atoms with van der Waals surface area (Å²) in [4.78, 5) is 36.1. The van der Waals surface area contributed by atoms with E-state index in [0.29, 0.717) is 11.4 Å². The first kappa shape index (κ1) is 20.7. The molecular weight excluding hydrogens is 366 g/mol. The molecule has 0 aliphatic heterocycles. The highest BCUT2D eigenvalue weighted by atomic mass is 16.6. The van der Waals surface area contributed by atoms with Crippen molar-refractivity contribution in [3.63, 3.8) is 0 Å². The monoisotopic (exact) mass is 387 g/mol. The molecule has 1 amide bonds. The Morgan fingerprint density at radius 1 is 1.14 bits per heavy atom. The molecule has 148 valence electrons. The van der Waals surface area contributed by atoms with Gasteiger partial charge < -0.3 is 19.7 Å². The van der Waals surface area contributed by atoms with Crippen molar-refractivity contribution in [1.82, 2.24) is 5.32 Å². The van der Waals surface area contributed by atoms with Gasteiger partial charge in [-0.3, -0.25) is 14.9 Å². The van der Waals surface area contributed by atoms with Gasteiger partial charge in [-0.25, -0.2) is 4.79 Å². The number of nitro benzene ring substituents is 1. The predicted octanol–water partition coefficient (Wildman–Crippen LogP) is 2.14. The Labute approximate surface area is 162 Å². The van der Waals surface area contributed by atoms with Crippen LogP contribution in [0.25, 0.3) is 0 Å². The summed E-state index contributed by atoms with van der Waals surface area (Å²) in [7, 11) is 4.88. The number of hydrogen-bond donors (Lipinski definition) is 1. The highest BCUT2D eigenvalue weighted by Gasteiger charge is 2.20. The average molecular weight is 387 g/mol. The van der Waals surface area contributed by atoms with Gasteiger partial charge >= 0.3 is 5.97 Å². The topological polar surface area (TPSA) is 111 Å². The van der Waals surface area contributed by atoms with Crippen LogP contribution in [-0.4, -0.2) is 44.6 Å². The number of hydrogen-bond acceptors (Lipinski definition) is 7. The summed E-state index contributed by atoms with van der Waals surface area (Å²) in [6.45, 7) is -0.221. The Morgan fingerprint density at radius 2 is 1.82 bits per heavy atom. The second-order valence-corrected chi connectivity index (χ2v) is 6.06. The second-order valence-electron chi connectivity index (χ2n) is 6.06. The van der Waals surface area contributed by atoms with Crippen LogP contribution >= 0.6 is 0 Å². The van der Waals surface area contributed by atoms with Crippen LogP contribution in [0.1, 0.15) is 15.9 Å². The smallest absolute Gasteiger partial charge is 0.338 e. The van der Waals surface area contributed by atoms with Crippen molar-refractivity contribution in [2.24, 2.45) is 0 Å². The highest BCUT2D eigenvalue weighted by Crippen LogP contribution is 2.27. The molecule has 0 atom stereocenters. The van der Waals surface area contributed by atoms with Gasteiger partial charge in [0.05, 0.1) is 17.6 Å². The van der Waals surface area contributed by atoms with E-state index < -0.39 is 23.4 Å². The SMILES string of the molecule is COc1ccc(CNC(=O)COC(=O)c2ccc(N(C)C)c([N+](=O)[O-])c2)cc1. The molecule has 2 rings (SSSR count). The van der Waals surface area contributed by atoms with Gasteiger partial charge in [-0.05, 0) is 29.8 Å². The van der Waals surface area contributed by atoms with Crippen molar-refractivity contribution in [1.29, 1.82) is 0 Å². The van der Waals surface area contributed by atoms with E-state index >= 15 is 0 Å². The first-order valence-corrected chi connectivity index (χ1v) is 8.34. The lowest BCUT2D eigenvalue weighted by Gasteiger charge is -2.13. The fourth-order valence-corrected chi connectivity index (χ4v) is 2.38. The molecule has 0 unspecified atom stereocenters. The molecule has 0 fully saturated rings. The molecule has 2 aromatic carbocycles. The third-order valence-electron chi connectivity index (χ3n) is 3.87. The van der Waals surface area contributed by atoms with Gasteiger partial charge in [0.1, 0.15) is 11.4 Å². The van der Waals surface area contributed by atoms with Gasteiger partial charge in [-0.1, -0.05) is 12.1 Å². The summed E-state index contributed by atoms with van der Waals surface area (Å²) >= 11 is 0. The lowest BCUT2D eigenvalue weighted by Crippen LogP contribution is -2.28. The normalized spacial score (nSPS) is 10.1. The van der Waals surface area contributed by atoms with E-state index in [-0.39, 0.29) is 17.8 Å². The molecular formula is C19H21N3O6. The molecule has 0 heterocycles. The molecule has 1 N–H and O–H groups in total. The van der Waals surface area contributed by atoms with E-state index in [1.165, 1.54) is 12.1 Å². The molecule has 2 aromatic rings. The third-order valence-corrected chi connectivity index (χ3v) is 3.87. The molecule has 28 heavy (non-hydrogen) atoms. The molecule has 0 bridgehead atoms. The Balaban J connectivity index is 1.91. The zero-order valence-corrected chi connectivity index (χ0v) is 15.8. The molecule has 0 aliphatic rings. The van der Waals surface area contributed by atoms with Gasteiger partial charge in [0.15, 0.2) is 6.61 Å². The first-order chi connectivity index (χ1) is 13.3. The Bertz CT molecular complexity index is 864. The first-order valence-electron chi connectivity index (χ1n) is 8.34. The number of esters is 1. The van der Waals surface area contributed by atoms with E-state index in [2.05, 4.69) is 5.32 Å². The minimum absolute atomic E-state index is 0.000236. The van der Waals surface area contributed by atoms with Crippen molar-refractivity contribution in [2.45, 2.75) is 6.54 Å². The van der Waals surface area contributed by atoms with Crippen LogP contribution in [0, 0.1) is 10.1 Å². The van der Waals surface area contributed by atoms with E-state index in [1.807, 2.05) is 0 Å². The van der Waals surface area contributed by atoms with Gasteiger partial charge in [0.2, 0.25) is 0 Å². The fourth-order valence-electron chi connectivity index (χ4n) is 2.38. The molecule has 0 aliphatic carbocycles. The van der Waals surface area contributed by atoms with E-state index in [4.69, 9.17) is 9.47 Å². The summed E-state index contributed by atoms with van der Waals surface area (Å²) in [5, 5.41) is 13.8. The van der Waals surface area contributed by atoms with Crippen molar-refractivity contribution in [2.75, 3.05) is 32.7 Å². The van der Waals surface area contributed by atoms with E-state index in [1.54, 1.807) is 50.4 Å². The number of methoxy groups -OCH3 is 1. The number of rotatable bonds is 8. The quantitative estimate of drug-likeness (QED) is 0.420. The van der Waals surface area contributed by atoms with Crippen molar-refractivity contribution >= 4 is 23.3 Å². The molecule has 9 nitrogen and oxygen atoms in total. The number of nitrogens with zero attached hydrogens (tertiary/aromatic N) is 2. The van der Waals surface area contributed by atoms with Crippen molar-refractivity contribution in [3.8, 4) is 5.75 Å². The van der Waals surface area contributed by atoms with Gasteiger partial charge in [-0.15, -0.1) is 0 Å². The zero-order valence-electron chi connectivity index (χ0n) is 15.8. The predicted molar refractivity (Wildman–Crippen MR) is 103 cm³/mol. The minimum Gasteiger partial charge on any atom is -0.497 e. The van der Waals surface area contributed by atoms with Gasteiger partial charge in [-0.2, -0.15) is 0 Å². The Kier molecular flexibility index (Phi) is 6.91. The molecule has 0 saturated heterocycles. The van der Waals surface area contributed by atoms with Gasteiger partial charge in [0.25, 0.3) is 11.6 Å². The fraction of sp³-hybridized carbons (Fsp3) is 0.263. The van der Waals surface area contributed by atoms with Crippen molar-refractivity contribution < 1.29 is 24.0 Å². The number of carbonyl (C=O) groups is 2. The molecule has 0 radical (unpaired) electrons. The molecule has 0 aromatic heterocycles. The lowest BCUT2D eigenvalue weighted by atomic mass is 10.1. The summed E-state index contributed by atoms with van der Waals surface area (Å²) < 4.78 is 10.00. The number of carbonyl (C=O) groups excluding carboxylic acids is 2. The van der Waals surface area contributed by atoms with Crippen molar-refractivity contribution in [3.05, 3.63) is 63.7 Å². The number of ether oxygens (including phenoxy) is 2. The standard InChI is InChI=1S/C19H21N3O6/c1-21(2)16-9-6-14(10-17(16)22(25)26)19(24)28-12-18(23)20-11-13-4-7-15(27-3)8-5-13/h4-10H,11-12H2,1-3H3,(H,20,23). The summed E-state index contributed by atoms with van der Waals surface area (Å²) in [5.41, 5.74) is 0.998.